The number of carboxylic acid groups (broad SMARTS) is 1. The number of carbonyl (C=O) groups excluding carboxylic acids is 2. The number of fused-ring (bicyclic) bond motifs is 3. The lowest BCUT2D eigenvalue weighted by molar-refractivity contribution is -0.156. The standard InChI is InChI=1S/C24H28N2O6/c1-15(21(27)26-14-24(2,31)22(28)29)11-12-25-23(30)32-13-20-18-9-5-3-7-16(18)17-8-4-6-10-19(17)20/h3-10,15,20,31H,11-14H2,1-2H3,(H,25,30)(H,26,27)(H,28,29). The van der Waals surface area contributed by atoms with Gasteiger partial charge in [0, 0.05) is 18.4 Å². The molecule has 0 saturated carbocycles. The molecule has 0 spiro atoms. The molecule has 8 heteroatoms. The zero-order valence-corrected chi connectivity index (χ0v) is 18.1. The fourth-order valence-electron chi connectivity index (χ4n) is 3.68. The van der Waals surface area contributed by atoms with Gasteiger partial charge in [0.1, 0.15) is 6.61 Å². The van der Waals surface area contributed by atoms with Crippen LogP contribution in [0.1, 0.15) is 37.3 Å². The van der Waals surface area contributed by atoms with Crippen LogP contribution in [0.4, 0.5) is 4.79 Å². The minimum absolute atomic E-state index is 0.0279. The van der Waals surface area contributed by atoms with Gasteiger partial charge < -0.3 is 25.6 Å². The van der Waals surface area contributed by atoms with Crippen LogP contribution < -0.4 is 10.6 Å². The van der Waals surface area contributed by atoms with Crippen LogP contribution in [-0.2, 0) is 14.3 Å². The van der Waals surface area contributed by atoms with Crippen molar-refractivity contribution in [3.63, 3.8) is 0 Å². The third-order valence-corrected chi connectivity index (χ3v) is 5.71. The van der Waals surface area contributed by atoms with Crippen molar-refractivity contribution in [2.45, 2.75) is 31.8 Å². The number of benzene rings is 2. The summed E-state index contributed by atoms with van der Waals surface area (Å²) in [5.41, 5.74) is 2.53. The molecule has 0 aromatic heterocycles. The fourth-order valence-corrected chi connectivity index (χ4v) is 3.68. The molecule has 0 heterocycles. The number of aliphatic carboxylic acids is 1. The predicted molar refractivity (Wildman–Crippen MR) is 118 cm³/mol. The molecule has 32 heavy (non-hydrogen) atoms. The van der Waals surface area contributed by atoms with Crippen LogP contribution in [0.2, 0.25) is 0 Å². The molecular weight excluding hydrogens is 412 g/mol. The summed E-state index contributed by atoms with van der Waals surface area (Å²) in [6.45, 7) is 2.80. The Hall–Kier alpha value is -3.39. The average molecular weight is 440 g/mol. The topological polar surface area (TPSA) is 125 Å². The number of rotatable bonds is 9. The van der Waals surface area contributed by atoms with Crippen LogP contribution in [0.15, 0.2) is 48.5 Å². The minimum atomic E-state index is -2.03. The van der Waals surface area contributed by atoms with Gasteiger partial charge >= 0.3 is 12.1 Å². The maximum Gasteiger partial charge on any atom is 0.407 e. The van der Waals surface area contributed by atoms with Crippen molar-refractivity contribution >= 4 is 18.0 Å². The summed E-state index contributed by atoms with van der Waals surface area (Å²) in [7, 11) is 0. The second-order valence-electron chi connectivity index (χ2n) is 8.24. The quantitative estimate of drug-likeness (QED) is 0.475. The number of alkyl carbamates (subject to hydrolysis) is 1. The van der Waals surface area contributed by atoms with Gasteiger partial charge in [0.2, 0.25) is 5.91 Å². The Balaban J connectivity index is 1.44. The lowest BCUT2D eigenvalue weighted by Gasteiger charge is -2.20. The monoisotopic (exact) mass is 440 g/mol. The van der Waals surface area contributed by atoms with E-state index in [2.05, 4.69) is 22.8 Å². The first-order chi connectivity index (χ1) is 15.2. The van der Waals surface area contributed by atoms with Gasteiger partial charge in [-0.3, -0.25) is 4.79 Å². The lowest BCUT2D eigenvalue weighted by Crippen LogP contribution is -2.47. The van der Waals surface area contributed by atoms with Gasteiger partial charge in [-0.15, -0.1) is 0 Å². The van der Waals surface area contributed by atoms with E-state index in [4.69, 9.17) is 9.84 Å². The highest BCUT2D eigenvalue weighted by Crippen LogP contribution is 2.44. The second kappa shape index (κ2) is 9.82. The average Bonchev–Trinajstić information content (AvgIpc) is 3.09. The van der Waals surface area contributed by atoms with E-state index in [1.807, 2.05) is 36.4 Å². The molecule has 2 aromatic rings. The fraction of sp³-hybridized carbons (Fsp3) is 0.375. The van der Waals surface area contributed by atoms with Gasteiger partial charge in [-0.1, -0.05) is 55.5 Å². The van der Waals surface area contributed by atoms with Crippen molar-refractivity contribution in [2.75, 3.05) is 19.7 Å². The van der Waals surface area contributed by atoms with Gasteiger partial charge in [-0.25, -0.2) is 9.59 Å². The van der Waals surface area contributed by atoms with Gasteiger partial charge in [-0.05, 0) is 35.6 Å². The van der Waals surface area contributed by atoms with Crippen LogP contribution in [0.5, 0.6) is 0 Å². The van der Waals surface area contributed by atoms with E-state index < -0.39 is 36.0 Å². The number of nitrogens with one attached hydrogen (secondary N) is 2. The maximum atomic E-state index is 12.2. The molecule has 2 amide bonds. The highest BCUT2D eigenvalue weighted by atomic mass is 16.5. The molecule has 0 aliphatic heterocycles. The molecule has 2 unspecified atom stereocenters. The molecule has 0 saturated heterocycles. The van der Waals surface area contributed by atoms with E-state index >= 15 is 0 Å². The Kier molecular flexibility index (Phi) is 7.15. The van der Waals surface area contributed by atoms with Crippen LogP contribution in [0, 0.1) is 5.92 Å². The molecule has 0 bridgehead atoms. The molecule has 2 aromatic carbocycles. The molecule has 3 rings (SSSR count). The summed E-state index contributed by atoms with van der Waals surface area (Å²) >= 11 is 0. The smallest absolute Gasteiger partial charge is 0.407 e. The van der Waals surface area contributed by atoms with Crippen molar-refractivity contribution < 1.29 is 29.3 Å². The van der Waals surface area contributed by atoms with E-state index in [0.717, 1.165) is 29.2 Å². The molecule has 1 aliphatic rings. The number of carbonyl (C=O) groups is 3. The molecular formula is C24H28N2O6. The normalized spacial score (nSPS) is 15.1. The summed E-state index contributed by atoms with van der Waals surface area (Å²) < 4.78 is 5.45. The maximum absolute atomic E-state index is 12.2. The molecule has 170 valence electrons. The third kappa shape index (κ3) is 5.26. The van der Waals surface area contributed by atoms with Gasteiger partial charge in [0.25, 0.3) is 0 Å². The van der Waals surface area contributed by atoms with Gasteiger partial charge in [-0.2, -0.15) is 0 Å². The summed E-state index contributed by atoms with van der Waals surface area (Å²) in [6.07, 6.45) is -0.223. The van der Waals surface area contributed by atoms with Gasteiger partial charge in [0.05, 0.1) is 6.54 Å². The molecule has 8 nitrogen and oxygen atoms in total. The second-order valence-corrected chi connectivity index (χ2v) is 8.24. The third-order valence-electron chi connectivity index (χ3n) is 5.71. The Labute approximate surface area is 186 Å². The van der Waals surface area contributed by atoms with E-state index in [1.165, 1.54) is 0 Å². The van der Waals surface area contributed by atoms with E-state index in [0.29, 0.717) is 6.42 Å². The van der Waals surface area contributed by atoms with Crippen LogP contribution in [0.3, 0.4) is 0 Å². The highest BCUT2D eigenvalue weighted by molar-refractivity contribution is 5.81. The van der Waals surface area contributed by atoms with E-state index in [9.17, 15) is 19.5 Å². The number of aliphatic hydroxyl groups is 1. The van der Waals surface area contributed by atoms with Crippen LogP contribution in [0.25, 0.3) is 11.1 Å². The van der Waals surface area contributed by atoms with Crippen molar-refractivity contribution in [1.82, 2.24) is 10.6 Å². The minimum Gasteiger partial charge on any atom is -0.479 e. The zero-order chi connectivity index (χ0) is 23.3. The number of amides is 2. The summed E-state index contributed by atoms with van der Waals surface area (Å²) in [5.74, 6) is -2.32. The van der Waals surface area contributed by atoms with Crippen molar-refractivity contribution in [3.8, 4) is 11.1 Å². The van der Waals surface area contributed by atoms with Crippen molar-refractivity contribution in [2.24, 2.45) is 5.92 Å². The Morgan fingerprint density at radius 3 is 2.16 bits per heavy atom. The van der Waals surface area contributed by atoms with E-state index in [-0.39, 0.29) is 19.1 Å². The Bertz CT molecular complexity index is 958. The Morgan fingerprint density at radius 1 is 1.03 bits per heavy atom. The largest absolute Gasteiger partial charge is 0.479 e. The molecule has 0 radical (unpaired) electrons. The van der Waals surface area contributed by atoms with Crippen LogP contribution >= 0.6 is 0 Å². The Morgan fingerprint density at radius 2 is 1.59 bits per heavy atom. The lowest BCUT2D eigenvalue weighted by atomic mass is 9.98. The highest BCUT2D eigenvalue weighted by Gasteiger charge is 2.31. The first-order valence-corrected chi connectivity index (χ1v) is 10.5. The molecule has 0 fully saturated rings. The SMILES string of the molecule is CC(CCNC(=O)OCC1c2ccccc2-c2ccccc21)C(=O)NCC(C)(O)C(=O)O. The molecule has 4 N–H and O–H groups in total. The number of ether oxygens (including phenoxy) is 1. The first kappa shape index (κ1) is 23.3. The van der Waals surface area contributed by atoms with Crippen molar-refractivity contribution in [3.05, 3.63) is 59.7 Å². The number of hydrogen-bond donors (Lipinski definition) is 4. The number of hydrogen-bond acceptors (Lipinski definition) is 5. The first-order valence-electron chi connectivity index (χ1n) is 10.5. The molecule has 2 atom stereocenters. The van der Waals surface area contributed by atoms with E-state index in [1.54, 1.807) is 6.92 Å². The number of carboxylic acids is 1. The van der Waals surface area contributed by atoms with Crippen molar-refractivity contribution in [1.29, 1.82) is 0 Å². The zero-order valence-electron chi connectivity index (χ0n) is 18.1. The summed E-state index contributed by atoms with van der Waals surface area (Å²) in [5, 5.41) is 23.6. The predicted octanol–water partition coefficient (Wildman–Crippen LogP) is 2.50. The van der Waals surface area contributed by atoms with Gasteiger partial charge in [0.15, 0.2) is 5.60 Å². The molecule has 1 aliphatic carbocycles. The summed E-state index contributed by atoms with van der Waals surface area (Å²) in [4.78, 5) is 35.1. The van der Waals surface area contributed by atoms with Crippen LogP contribution in [-0.4, -0.2) is 53.5 Å². The summed E-state index contributed by atoms with van der Waals surface area (Å²) in [6, 6.07) is 16.1.